The van der Waals surface area contributed by atoms with Crippen molar-refractivity contribution in [2.24, 2.45) is 18.9 Å². The Morgan fingerprint density at radius 3 is 2.40 bits per heavy atom. The Hall–Kier alpha value is -1.47. The minimum atomic E-state index is 0.258. The van der Waals surface area contributed by atoms with Crippen LogP contribution in [0.1, 0.15) is 39.1 Å². The molecule has 0 N–H and O–H groups in total. The van der Waals surface area contributed by atoms with Crippen LogP contribution in [0.2, 0.25) is 0 Å². The molecule has 25 heavy (non-hydrogen) atoms. The van der Waals surface area contributed by atoms with E-state index in [0.717, 1.165) is 45.1 Å². The summed E-state index contributed by atoms with van der Waals surface area (Å²) in [6.07, 6.45) is 2.99. The molecule has 0 unspecified atom stereocenters. The SMILES string of the molecule is C[C@@H]1C[C@H](C)CN(C(=O)CN2CCN([C@@H](C)c3nncn3C)CC2)C1. The van der Waals surface area contributed by atoms with Gasteiger partial charge >= 0.3 is 0 Å². The van der Waals surface area contributed by atoms with Crippen molar-refractivity contribution in [2.75, 3.05) is 45.8 Å². The van der Waals surface area contributed by atoms with E-state index in [-0.39, 0.29) is 6.04 Å². The van der Waals surface area contributed by atoms with E-state index < -0.39 is 0 Å². The largest absolute Gasteiger partial charge is 0.341 e. The van der Waals surface area contributed by atoms with Gasteiger partial charge in [0.15, 0.2) is 0 Å². The first-order valence-electron chi connectivity index (χ1n) is 9.52. The van der Waals surface area contributed by atoms with Gasteiger partial charge < -0.3 is 9.47 Å². The molecule has 0 bridgehead atoms. The van der Waals surface area contributed by atoms with E-state index in [1.54, 1.807) is 6.33 Å². The van der Waals surface area contributed by atoms with E-state index in [2.05, 4.69) is 45.7 Å². The van der Waals surface area contributed by atoms with Crippen LogP contribution in [0.3, 0.4) is 0 Å². The molecule has 0 radical (unpaired) electrons. The highest BCUT2D eigenvalue weighted by Gasteiger charge is 2.29. The van der Waals surface area contributed by atoms with Gasteiger partial charge in [-0.3, -0.25) is 14.6 Å². The van der Waals surface area contributed by atoms with Crippen LogP contribution in [0.15, 0.2) is 6.33 Å². The lowest BCUT2D eigenvalue weighted by atomic mass is 9.92. The number of hydrogen-bond donors (Lipinski definition) is 0. The van der Waals surface area contributed by atoms with Crippen LogP contribution in [0.25, 0.3) is 0 Å². The van der Waals surface area contributed by atoms with Crippen molar-refractivity contribution in [3.8, 4) is 0 Å². The summed E-state index contributed by atoms with van der Waals surface area (Å²) in [5, 5.41) is 8.21. The molecule has 2 saturated heterocycles. The maximum Gasteiger partial charge on any atom is 0.236 e. The van der Waals surface area contributed by atoms with Gasteiger partial charge in [-0.25, -0.2) is 0 Å². The molecule has 7 nitrogen and oxygen atoms in total. The summed E-state index contributed by atoms with van der Waals surface area (Å²) in [7, 11) is 1.99. The highest BCUT2D eigenvalue weighted by molar-refractivity contribution is 5.78. The zero-order valence-corrected chi connectivity index (χ0v) is 16.1. The van der Waals surface area contributed by atoms with Crippen LogP contribution >= 0.6 is 0 Å². The molecule has 3 atom stereocenters. The minimum absolute atomic E-state index is 0.258. The Morgan fingerprint density at radius 2 is 1.84 bits per heavy atom. The van der Waals surface area contributed by atoms with E-state index in [1.165, 1.54) is 6.42 Å². The summed E-state index contributed by atoms with van der Waals surface area (Å²) < 4.78 is 1.99. The van der Waals surface area contributed by atoms with Gasteiger partial charge in [-0.05, 0) is 25.2 Å². The summed E-state index contributed by atoms with van der Waals surface area (Å²) in [5.74, 6) is 2.54. The summed E-state index contributed by atoms with van der Waals surface area (Å²) in [6, 6.07) is 0.258. The number of hydrogen-bond acceptors (Lipinski definition) is 5. The third-order valence-corrected chi connectivity index (χ3v) is 5.66. The number of aromatic nitrogens is 3. The number of aryl methyl sites for hydroxylation is 1. The zero-order valence-electron chi connectivity index (χ0n) is 16.1. The van der Waals surface area contributed by atoms with Gasteiger partial charge in [-0.15, -0.1) is 10.2 Å². The van der Waals surface area contributed by atoms with E-state index in [0.29, 0.717) is 24.3 Å². The lowest BCUT2D eigenvalue weighted by molar-refractivity contribution is -0.135. The minimum Gasteiger partial charge on any atom is -0.341 e. The smallest absolute Gasteiger partial charge is 0.236 e. The van der Waals surface area contributed by atoms with Crippen molar-refractivity contribution in [1.82, 2.24) is 29.5 Å². The number of carbonyl (C=O) groups is 1. The molecule has 0 aromatic carbocycles. The maximum atomic E-state index is 12.7. The highest BCUT2D eigenvalue weighted by atomic mass is 16.2. The fourth-order valence-corrected chi connectivity index (χ4v) is 4.30. The monoisotopic (exact) mass is 348 g/mol. The number of rotatable bonds is 4. The lowest BCUT2D eigenvalue weighted by Gasteiger charge is -2.39. The molecule has 2 aliphatic heterocycles. The van der Waals surface area contributed by atoms with Crippen LogP contribution in [0.4, 0.5) is 0 Å². The van der Waals surface area contributed by atoms with E-state index in [4.69, 9.17) is 0 Å². The van der Waals surface area contributed by atoms with Crippen LogP contribution in [-0.4, -0.2) is 81.2 Å². The summed E-state index contributed by atoms with van der Waals surface area (Å²) in [4.78, 5) is 19.5. The fourth-order valence-electron chi connectivity index (χ4n) is 4.30. The molecule has 3 rings (SSSR count). The third kappa shape index (κ3) is 4.39. The average molecular weight is 348 g/mol. The van der Waals surface area contributed by atoms with Gasteiger partial charge in [0.05, 0.1) is 12.6 Å². The Balaban J connectivity index is 1.47. The molecule has 2 aliphatic rings. The molecule has 2 fully saturated rings. The van der Waals surface area contributed by atoms with Crippen LogP contribution in [0.5, 0.6) is 0 Å². The average Bonchev–Trinajstić information content (AvgIpc) is 3.00. The van der Waals surface area contributed by atoms with Crippen molar-refractivity contribution >= 4 is 5.91 Å². The second-order valence-electron chi connectivity index (χ2n) is 8.03. The van der Waals surface area contributed by atoms with Crippen LogP contribution < -0.4 is 0 Å². The van der Waals surface area contributed by atoms with E-state index >= 15 is 0 Å². The second-order valence-corrected chi connectivity index (χ2v) is 8.03. The zero-order chi connectivity index (χ0) is 18.0. The number of amides is 1. The molecule has 3 heterocycles. The summed E-state index contributed by atoms with van der Waals surface area (Å²) >= 11 is 0. The number of piperidine rings is 1. The van der Waals surface area contributed by atoms with Crippen molar-refractivity contribution < 1.29 is 4.79 Å². The normalized spacial score (nSPS) is 27.4. The maximum absolute atomic E-state index is 12.7. The quantitative estimate of drug-likeness (QED) is 0.812. The second kappa shape index (κ2) is 7.83. The molecule has 1 aromatic heterocycles. The third-order valence-electron chi connectivity index (χ3n) is 5.66. The summed E-state index contributed by atoms with van der Waals surface area (Å²) in [6.45, 7) is 12.9. The number of nitrogens with zero attached hydrogens (tertiary/aromatic N) is 6. The lowest BCUT2D eigenvalue weighted by Crippen LogP contribution is -2.52. The molecule has 1 amide bonds. The predicted molar refractivity (Wildman–Crippen MR) is 97.0 cm³/mol. The van der Waals surface area contributed by atoms with E-state index in [9.17, 15) is 4.79 Å². The Kier molecular flexibility index (Phi) is 5.74. The summed E-state index contributed by atoms with van der Waals surface area (Å²) in [5.41, 5.74) is 0. The van der Waals surface area contributed by atoms with Gasteiger partial charge in [-0.2, -0.15) is 0 Å². The number of likely N-dealkylation sites (tertiary alicyclic amines) is 1. The first-order chi connectivity index (χ1) is 11.9. The molecule has 1 aromatic rings. The Labute approximate surface area is 151 Å². The van der Waals surface area contributed by atoms with E-state index in [1.807, 2.05) is 11.6 Å². The van der Waals surface area contributed by atoms with Crippen molar-refractivity contribution in [3.63, 3.8) is 0 Å². The molecule has 0 spiro atoms. The van der Waals surface area contributed by atoms with Crippen molar-refractivity contribution in [2.45, 2.75) is 33.2 Å². The predicted octanol–water partition coefficient (Wildman–Crippen LogP) is 0.998. The first kappa shape index (κ1) is 18.3. The molecule has 0 aliphatic carbocycles. The Morgan fingerprint density at radius 1 is 1.20 bits per heavy atom. The molecular weight excluding hydrogens is 316 g/mol. The van der Waals surface area contributed by atoms with Crippen molar-refractivity contribution in [3.05, 3.63) is 12.2 Å². The fraction of sp³-hybridized carbons (Fsp3) is 0.833. The number of piperazine rings is 1. The molecular formula is C18H32N6O. The van der Waals surface area contributed by atoms with Crippen LogP contribution in [-0.2, 0) is 11.8 Å². The Bertz CT molecular complexity index is 570. The van der Waals surface area contributed by atoms with Gasteiger partial charge in [0.2, 0.25) is 5.91 Å². The van der Waals surface area contributed by atoms with Gasteiger partial charge in [-0.1, -0.05) is 13.8 Å². The van der Waals surface area contributed by atoms with Crippen molar-refractivity contribution in [1.29, 1.82) is 0 Å². The van der Waals surface area contributed by atoms with Gasteiger partial charge in [0.25, 0.3) is 0 Å². The highest BCUT2D eigenvalue weighted by Crippen LogP contribution is 2.22. The van der Waals surface area contributed by atoms with Gasteiger partial charge in [0, 0.05) is 46.3 Å². The molecule has 0 saturated carbocycles. The van der Waals surface area contributed by atoms with Crippen LogP contribution in [0, 0.1) is 11.8 Å². The number of carbonyl (C=O) groups excluding carboxylic acids is 1. The topological polar surface area (TPSA) is 57.5 Å². The molecule has 7 heteroatoms. The molecule has 140 valence electrons. The van der Waals surface area contributed by atoms with Gasteiger partial charge in [0.1, 0.15) is 12.2 Å². The first-order valence-corrected chi connectivity index (χ1v) is 9.52. The standard InChI is InChI=1S/C18H32N6O/c1-14-9-15(2)11-24(10-14)17(25)12-22-5-7-23(8-6-22)16(3)18-20-19-13-21(18)4/h13-16H,5-12H2,1-4H3/t14-,15+,16-/m0/s1.